The number of ether oxygens (including phenoxy) is 1. The minimum absolute atomic E-state index is 0.00429. The molecule has 1 N–H and O–H groups in total. The Bertz CT molecular complexity index is 651. The molecule has 5 nitrogen and oxygen atoms in total. The molecule has 0 aliphatic carbocycles. The number of rotatable bonds is 3. The molecule has 26 heavy (non-hydrogen) atoms. The summed E-state index contributed by atoms with van der Waals surface area (Å²) in [6.45, 7) is 2.43. The Morgan fingerprint density at radius 3 is 2.69 bits per heavy atom. The number of hydrogen-bond donors (Lipinski definition) is 1. The molecule has 144 valence electrons. The Kier molecular flexibility index (Phi) is 6.06. The number of pyridine rings is 1. The molecule has 1 aromatic heterocycles. The van der Waals surface area contributed by atoms with E-state index in [1.165, 1.54) is 0 Å². The fraction of sp³-hybridized carbons (Fsp3) is 0.647. The highest BCUT2D eigenvalue weighted by Gasteiger charge is 2.33. The highest BCUT2D eigenvalue weighted by Crippen LogP contribution is 2.35. The summed E-state index contributed by atoms with van der Waals surface area (Å²) in [6, 6.07) is 1.18. The fourth-order valence-electron chi connectivity index (χ4n) is 3.36. The third kappa shape index (κ3) is 4.68. The molecule has 0 bridgehead atoms. The average molecular weight is 436 g/mol. The van der Waals surface area contributed by atoms with E-state index in [0.29, 0.717) is 32.1 Å². The number of piperidine rings is 1. The first-order chi connectivity index (χ1) is 12.3. The normalized spacial score (nSPS) is 22.3. The van der Waals surface area contributed by atoms with Gasteiger partial charge in [0.25, 0.3) is 0 Å². The Morgan fingerprint density at radius 2 is 2.04 bits per heavy atom. The average Bonchev–Trinajstić information content (AvgIpc) is 2.62. The van der Waals surface area contributed by atoms with Crippen LogP contribution in [0.2, 0.25) is 0 Å². The van der Waals surface area contributed by atoms with Gasteiger partial charge in [-0.2, -0.15) is 13.2 Å². The molecule has 9 heteroatoms. The van der Waals surface area contributed by atoms with Gasteiger partial charge in [-0.15, -0.1) is 0 Å². The Balaban J connectivity index is 1.65. The number of nitrogens with one attached hydrogen (secondary N) is 1. The molecule has 1 unspecified atom stereocenters. The lowest BCUT2D eigenvalue weighted by Crippen LogP contribution is -2.47. The maximum atomic E-state index is 12.8. The Morgan fingerprint density at radius 1 is 1.31 bits per heavy atom. The molecule has 3 rings (SSSR count). The molecule has 2 saturated heterocycles. The molecule has 0 aromatic carbocycles. The summed E-state index contributed by atoms with van der Waals surface area (Å²) >= 11 is 3.19. The van der Waals surface area contributed by atoms with Gasteiger partial charge >= 0.3 is 6.18 Å². The molecule has 3 heterocycles. The second-order valence-electron chi connectivity index (χ2n) is 6.71. The van der Waals surface area contributed by atoms with Gasteiger partial charge in [0.05, 0.1) is 16.0 Å². The lowest BCUT2D eigenvalue weighted by atomic mass is 9.96. The summed E-state index contributed by atoms with van der Waals surface area (Å²) in [7, 11) is 0. The van der Waals surface area contributed by atoms with Crippen molar-refractivity contribution in [2.75, 3.05) is 31.2 Å². The van der Waals surface area contributed by atoms with Crippen LogP contribution < -0.4 is 10.2 Å². The van der Waals surface area contributed by atoms with Gasteiger partial charge in [0.1, 0.15) is 5.82 Å². The van der Waals surface area contributed by atoms with Gasteiger partial charge in [-0.25, -0.2) is 4.98 Å². The molecule has 0 spiro atoms. The van der Waals surface area contributed by atoms with E-state index in [2.05, 4.69) is 26.2 Å². The molecule has 1 aromatic rings. The SMILES string of the molecule is O=C(NC1CCOCC1)C1CCCN(c2ncc(C(F)(F)F)cc2Br)C1. The van der Waals surface area contributed by atoms with Crippen molar-refractivity contribution < 1.29 is 22.7 Å². The second kappa shape index (κ2) is 8.12. The van der Waals surface area contributed by atoms with Crippen LogP contribution in [0.1, 0.15) is 31.2 Å². The fourth-order valence-corrected chi connectivity index (χ4v) is 3.96. The Labute approximate surface area is 158 Å². The van der Waals surface area contributed by atoms with Crippen LogP contribution in [0.15, 0.2) is 16.7 Å². The van der Waals surface area contributed by atoms with Crippen molar-refractivity contribution in [2.24, 2.45) is 5.92 Å². The van der Waals surface area contributed by atoms with Crippen LogP contribution in [0, 0.1) is 5.92 Å². The van der Waals surface area contributed by atoms with Crippen molar-refractivity contribution in [3.05, 3.63) is 22.3 Å². The lowest BCUT2D eigenvalue weighted by Gasteiger charge is -2.34. The molecule has 1 amide bonds. The first-order valence-electron chi connectivity index (χ1n) is 8.70. The van der Waals surface area contributed by atoms with Crippen LogP contribution in [-0.4, -0.2) is 43.2 Å². The zero-order chi connectivity index (χ0) is 18.7. The number of alkyl halides is 3. The molecule has 1 atom stereocenters. The number of amides is 1. The smallest absolute Gasteiger partial charge is 0.381 e. The van der Waals surface area contributed by atoms with E-state index in [-0.39, 0.29) is 22.3 Å². The van der Waals surface area contributed by atoms with E-state index < -0.39 is 11.7 Å². The third-order valence-corrected chi connectivity index (χ3v) is 5.39. The van der Waals surface area contributed by atoms with Gasteiger partial charge in [-0.05, 0) is 47.7 Å². The number of aromatic nitrogens is 1. The molecule has 2 aliphatic rings. The van der Waals surface area contributed by atoms with Crippen LogP contribution in [0.25, 0.3) is 0 Å². The second-order valence-corrected chi connectivity index (χ2v) is 7.56. The first-order valence-corrected chi connectivity index (χ1v) is 9.49. The number of halogens is 4. The first kappa shape index (κ1) is 19.4. The summed E-state index contributed by atoms with van der Waals surface area (Å²) in [5, 5.41) is 3.08. The maximum absolute atomic E-state index is 12.8. The maximum Gasteiger partial charge on any atom is 0.417 e. The summed E-state index contributed by atoms with van der Waals surface area (Å²) < 4.78 is 44.0. The van der Waals surface area contributed by atoms with Gasteiger partial charge < -0.3 is 15.0 Å². The summed E-state index contributed by atoms with van der Waals surface area (Å²) in [4.78, 5) is 18.4. The zero-order valence-electron chi connectivity index (χ0n) is 14.2. The minimum Gasteiger partial charge on any atom is -0.381 e. The molecule has 2 fully saturated rings. The topological polar surface area (TPSA) is 54.5 Å². The lowest BCUT2D eigenvalue weighted by molar-refractivity contribution is -0.137. The summed E-state index contributed by atoms with van der Waals surface area (Å²) in [5.74, 6) is 0.258. The van der Waals surface area contributed by atoms with E-state index in [4.69, 9.17) is 4.74 Å². The van der Waals surface area contributed by atoms with Crippen LogP contribution in [-0.2, 0) is 15.7 Å². The minimum atomic E-state index is -4.43. The van der Waals surface area contributed by atoms with Crippen LogP contribution in [0.3, 0.4) is 0 Å². The van der Waals surface area contributed by atoms with Gasteiger partial charge in [0.2, 0.25) is 5.91 Å². The number of nitrogens with zero attached hydrogens (tertiary/aromatic N) is 2. The standard InChI is InChI=1S/C17H21BrF3N3O2/c18-14-8-12(17(19,20)21)9-22-15(14)24-5-1-2-11(10-24)16(25)23-13-3-6-26-7-4-13/h8-9,11,13H,1-7,10H2,(H,23,25). The largest absolute Gasteiger partial charge is 0.417 e. The van der Waals surface area contributed by atoms with E-state index >= 15 is 0 Å². The van der Waals surface area contributed by atoms with Crippen molar-refractivity contribution in [1.29, 1.82) is 0 Å². The highest BCUT2D eigenvalue weighted by atomic mass is 79.9. The molecular formula is C17H21BrF3N3O2. The molecule has 0 radical (unpaired) electrons. The van der Waals surface area contributed by atoms with Crippen LogP contribution in [0.5, 0.6) is 0 Å². The zero-order valence-corrected chi connectivity index (χ0v) is 15.8. The van der Waals surface area contributed by atoms with E-state index in [1.807, 2.05) is 4.90 Å². The summed E-state index contributed by atoms with van der Waals surface area (Å²) in [5.41, 5.74) is -0.793. The van der Waals surface area contributed by atoms with E-state index in [0.717, 1.165) is 37.9 Å². The van der Waals surface area contributed by atoms with Crippen LogP contribution >= 0.6 is 15.9 Å². The molecule has 2 aliphatic heterocycles. The highest BCUT2D eigenvalue weighted by molar-refractivity contribution is 9.10. The van der Waals surface area contributed by atoms with Gasteiger partial charge in [0, 0.05) is 38.5 Å². The van der Waals surface area contributed by atoms with Gasteiger partial charge in [-0.1, -0.05) is 0 Å². The van der Waals surface area contributed by atoms with Crippen molar-refractivity contribution in [3.63, 3.8) is 0 Å². The van der Waals surface area contributed by atoms with E-state index in [9.17, 15) is 18.0 Å². The third-order valence-electron chi connectivity index (χ3n) is 4.81. The van der Waals surface area contributed by atoms with Crippen LogP contribution in [0.4, 0.5) is 19.0 Å². The van der Waals surface area contributed by atoms with Crippen molar-refractivity contribution in [2.45, 2.75) is 37.9 Å². The predicted molar refractivity (Wildman–Crippen MR) is 93.9 cm³/mol. The monoisotopic (exact) mass is 435 g/mol. The van der Waals surface area contributed by atoms with Crippen molar-refractivity contribution in [3.8, 4) is 0 Å². The predicted octanol–water partition coefficient (Wildman–Crippen LogP) is 3.37. The van der Waals surface area contributed by atoms with Gasteiger partial charge in [-0.3, -0.25) is 4.79 Å². The Hall–Kier alpha value is -1.35. The van der Waals surface area contributed by atoms with Crippen molar-refractivity contribution >= 4 is 27.7 Å². The molecule has 0 saturated carbocycles. The molecular weight excluding hydrogens is 415 g/mol. The van der Waals surface area contributed by atoms with Crippen molar-refractivity contribution in [1.82, 2.24) is 10.3 Å². The number of carbonyl (C=O) groups excluding carboxylic acids is 1. The number of hydrogen-bond acceptors (Lipinski definition) is 4. The quantitative estimate of drug-likeness (QED) is 0.790. The van der Waals surface area contributed by atoms with Gasteiger partial charge in [0.15, 0.2) is 0 Å². The summed E-state index contributed by atoms with van der Waals surface area (Å²) in [6.07, 6.45) is -0.402. The number of anilines is 1. The number of carbonyl (C=O) groups is 1. The van der Waals surface area contributed by atoms with E-state index in [1.54, 1.807) is 0 Å².